The Hall–Kier alpha value is -0.0800. The van der Waals surface area contributed by atoms with Crippen LogP contribution in [0.2, 0.25) is 0 Å². The molecule has 2 heteroatoms. The molecular weight excluding hydrogens is 232 g/mol. The summed E-state index contributed by atoms with van der Waals surface area (Å²) < 4.78 is 0. The predicted molar refractivity (Wildman–Crippen MR) is 83.4 cm³/mol. The van der Waals surface area contributed by atoms with Crippen LogP contribution in [0, 0.1) is 17.3 Å². The van der Waals surface area contributed by atoms with Crippen molar-refractivity contribution >= 4 is 0 Å². The summed E-state index contributed by atoms with van der Waals surface area (Å²) in [4.78, 5) is 2.82. The molecule has 2 saturated carbocycles. The van der Waals surface area contributed by atoms with Crippen LogP contribution in [0.4, 0.5) is 0 Å². The van der Waals surface area contributed by atoms with Crippen LogP contribution in [0.5, 0.6) is 0 Å². The maximum Gasteiger partial charge on any atom is 0.00502 e. The number of hydrogen-bond acceptors (Lipinski definition) is 2. The summed E-state index contributed by atoms with van der Waals surface area (Å²) in [5.41, 5.74) is 0.500. The van der Waals surface area contributed by atoms with Crippen LogP contribution in [0.25, 0.3) is 0 Å². The van der Waals surface area contributed by atoms with Crippen LogP contribution in [0.15, 0.2) is 0 Å². The van der Waals surface area contributed by atoms with Gasteiger partial charge >= 0.3 is 0 Å². The van der Waals surface area contributed by atoms with Crippen molar-refractivity contribution in [3.05, 3.63) is 0 Å². The molecule has 0 spiro atoms. The second-order valence-corrected chi connectivity index (χ2v) is 7.07. The van der Waals surface area contributed by atoms with E-state index in [0.29, 0.717) is 5.41 Å². The summed E-state index contributed by atoms with van der Waals surface area (Å²) in [6.07, 6.45) is 8.56. The SMILES string of the molecule is CCNCC(CC)(CC)CN(CC1CC1)CC1CC1. The van der Waals surface area contributed by atoms with Gasteiger partial charge in [0.2, 0.25) is 0 Å². The van der Waals surface area contributed by atoms with E-state index in [0.717, 1.165) is 18.4 Å². The molecule has 112 valence electrons. The van der Waals surface area contributed by atoms with Gasteiger partial charge in [0.05, 0.1) is 0 Å². The van der Waals surface area contributed by atoms with Gasteiger partial charge in [0, 0.05) is 26.2 Å². The minimum absolute atomic E-state index is 0.500. The third kappa shape index (κ3) is 5.07. The molecule has 0 saturated heterocycles. The van der Waals surface area contributed by atoms with E-state index in [1.807, 2.05) is 0 Å². The monoisotopic (exact) mass is 266 g/mol. The lowest BCUT2D eigenvalue weighted by molar-refractivity contribution is 0.126. The van der Waals surface area contributed by atoms with E-state index in [1.54, 1.807) is 0 Å². The van der Waals surface area contributed by atoms with Crippen LogP contribution in [-0.2, 0) is 0 Å². The second-order valence-electron chi connectivity index (χ2n) is 7.07. The molecule has 0 aromatic rings. The molecule has 0 amide bonds. The third-order valence-electron chi connectivity index (χ3n) is 5.24. The largest absolute Gasteiger partial charge is 0.316 e. The van der Waals surface area contributed by atoms with E-state index in [1.165, 1.54) is 64.7 Å². The average molecular weight is 266 g/mol. The highest BCUT2D eigenvalue weighted by molar-refractivity contribution is 4.88. The molecule has 0 bridgehead atoms. The Bertz CT molecular complexity index is 238. The van der Waals surface area contributed by atoms with Crippen molar-refractivity contribution in [2.24, 2.45) is 17.3 Å². The molecule has 0 aromatic heterocycles. The van der Waals surface area contributed by atoms with Gasteiger partial charge in [-0.15, -0.1) is 0 Å². The van der Waals surface area contributed by atoms with Crippen LogP contribution in [0.3, 0.4) is 0 Å². The Morgan fingerprint density at radius 3 is 1.84 bits per heavy atom. The molecule has 2 aliphatic carbocycles. The van der Waals surface area contributed by atoms with Crippen molar-refractivity contribution in [3.8, 4) is 0 Å². The molecule has 0 aliphatic heterocycles. The maximum atomic E-state index is 3.61. The topological polar surface area (TPSA) is 15.3 Å². The molecule has 0 atom stereocenters. The summed E-state index contributed by atoms with van der Waals surface area (Å²) in [6, 6.07) is 0. The first kappa shape index (κ1) is 15.3. The fourth-order valence-electron chi connectivity index (χ4n) is 3.18. The summed E-state index contributed by atoms with van der Waals surface area (Å²) in [5, 5.41) is 3.61. The molecule has 0 heterocycles. The molecule has 1 N–H and O–H groups in total. The normalized spacial score (nSPS) is 20.2. The molecule has 2 fully saturated rings. The van der Waals surface area contributed by atoms with Crippen molar-refractivity contribution in [3.63, 3.8) is 0 Å². The zero-order valence-electron chi connectivity index (χ0n) is 13.4. The van der Waals surface area contributed by atoms with Crippen LogP contribution in [-0.4, -0.2) is 37.6 Å². The van der Waals surface area contributed by atoms with Gasteiger partial charge in [0.25, 0.3) is 0 Å². The van der Waals surface area contributed by atoms with E-state index in [4.69, 9.17) is 0 Å². The first-order valence-corrected chi connectivity index (χ1v) is 8.64. The Kier molecular flexibility index (Phi) is 5.70. The van der Waals surface area contributed by atoms with Crippen LogP contribution in [0.1, 0.15) is 59.3 Å². The van der Waals surface area contributed by atoms with Gasteiger partial charge < -0.3 is 10.2 Å². The van der Waals surface area contributed by atoms with E-state index >= 15 is 0 Å². The first-order chi connectivity index (χ1) is 9.21. The van der Waals surface area contributed by atoms with Crippen molar-refractivity contribution < 1.29 is 0 Å². The highest BCUT2D eigenvalue weighted by atomic mass is 15.1. The van der Waals surface area contributed by atoms with E-state index < -0.39 is 0 Å². The Morgan fingerprint density at radius 2 is 1.47 bits per heavy atom. The van der Waals surface area contributed by atoms with Crippen molar-refractivity contribution in [1.29, 1.82) is 0 Å². The quantitative estimate of drug-likeness (QED) is 0.615. The Balaban J connectivity index is 1.88. The Labute approximate surface area is 120 Å². The van der Waals surface area contributed by atoms with Gasteiger partial charge in [0.1, 0.15) is 0 Å². The predicted octanol–water partition coefficient (Wildman–Crippen LogP) is 3.52. The second kappa shape index (κ2) is 7.08. The summed E-state index contributed by atoms with van der Waals surface area (Å²) in [7, 11) is 0. The van der Waals surface area contributed by atoms with Gasteiger partial charge in [-0.05, 0) is 62.3 Å². The smallest absolute Gasteiger partial charge is 0.00502 e. The summed E-state index contributed by atoms with van der Waals surface area (Å²) in [5.74, 6) is 2.06. The molecule has 2 aliphatic rings. The van der Waals surface area contributed by atoms with Gasteiger partial charge in [-0.1, -0.05) is 20.8 Å². The minimum Gasteiger partial charge on any atom is -0.316 e. The van der Waals surface area contributed by atoms with Gasteiger partial charge in [-0.25, -0.2) is 0 Å². The lowest BCUT2D eigenvalue weighted by Gasteiger charge is -2.38. The number of rotatable bonds is 11. The van der Waals surface area contributed by atoms with E-state index in [2.05, 4.69) is 31.0 Å². The summed E-state index contributed by atoms with van der Waals surface area (Å²) in [6.45, 7) is 13.4. The zero-order valence-corrected chi connectivity index (χ0v) is 13.4. The summed E-state index contributed by atoms with van der Waals surface area (Å²) >= 11 is 0. The van der Waals surface area contributed by atoms with Crippen molar-refractivity contribution in [2.45, 2.75) is 59.3 Å². The number of hydrogen-bond donors (Lipinski definition) is 1. The van der Waals surface area contributed by atoms with Gasteiger partial charge in [-0.3, -0.25) is 0 Å². The Morgan fingerprint density at radius 1 is 0.947 bits per heavy atom. The lowest BCUT2D eigenvalue weighted by atomic mass is 9.81. The molecule has 2 rings (SSSR count). The van der Waals surface area contributed by atoms with Crippen LogP contribution >= 0.6 is 0 Å². The van der Waals surface area contributed by atoms with Gasteiger partial charge in [-0.2, -0.15) is 0 Å². The average Bonchev–Trinajstić information content (AvgIpc) is 3.31. The van der Waals surface area contributed by atoms with Crippen molar-refractivity contribution in [2.75, 3.05) is 32.7 Å². The lowest BCUT2D eigenvalue weighted by Crippen LogP contribution is -2.45. The molecule has 0 aromatic carbocycles. The maximum absolute atomic E-state index is 3.61. The fraction of sp³-hybridized carbons (Fsp3) is 1.00. The molecule has 19 heavy (non-hydrogen) atoms. The third-order valence-corrected chi connectivity index (χ3v) is 5.24. The molecule has 2 nitrogen and oxygen atoms in total. The number of nitrogens with one attached hydrogen (secondary N) is 1. The first-order valence-electron chi connectivity index (χ1n) is 8.64. The van der Waals surface area contributed by atoms with Gasteiger partial charge in [0.15, 0.2) is 0 Å². The molecule has 0 unspecified atom stereocenters. The van der Waals surface area contributed by atoms with Crippen LogP contribution < -0.4 is 5.32 Å². The number of nitrogens with zero attached hydrogens (tertiary/aromatic N) is 1. The zero-order chi connectivity index (χ0) is 13.7. The molecular formula is C17H34N2. The van der Waals surface area contributed by atoms with E-state index in [-0.39, 0.29) is 0 Å². The highest BCUT2D eigenvalue weighted by Gasteiger charge is 2.34. The van der Waals surface area contributed by atoms with E-state index in [9.17, 15) is 0 Å². The highest BCUT2D eigenvalue weighted by Crippen LogP contribution is 2.36. The fourth-order valence-corrected chi connectivity index (χ4v) is 3.18. The minimum atomic E-state index is 0.500. The van der Waals surface area contributed by atoms with Crippen molar-refractivity contribution in [1.82, 2.24) is 10.2 Å². The standard InChI is InChI=1S/C17H34N2/c1-4-17(5-2,13-18-6-3)14-19(11-15-7-8-15)12-16-9-10-16/h15-16,18H,4-14H2,1-3H3. The molecule has 0 radical (unpaired) electrons.